The molecule has 4 rings (SSSR count). The zero-order chi connectivity index (χ0) is 18.8. The number of nitrogens with zero attached hydrogens (tertiary/aromatic N) is 2. The second kappa shape index (κ2) is 7.79. The monoisotopic (exact) mass is 428 g/mol. The molecule has 0 aliphatic rings. The fraction of sp³-hybridized carbons (Fsp3) is 0. The van der Waals surface area contributed by atoms with Crippen LogP contribution in [0.3, 0.4) is 0 Å². The molecule has 0 spiro atoms. The van der Waals surface area contributed by atoms with Crippen molar-refractivity contribution in [3.8, 4) is 17.4 Å². The number of rotatable bonds is 4. The molecule has 4 aromatic rings. The highest BCUT2D eigenvalue weighted by molar-refractivity contribution is 8.05. The maximum absolute atomic E-state index is 9.48. The molecule has 2 aromatic heterocycles. The molecular formula is C20H10Cl2N2OS2. The van der Waals surface area contributed by atoms with Gasteiger partial charge in [-0.3, -0.25) is 0 Å². The molecule has 0 aliphatic carbocycles. The average Bonchev–Trinajstić information content (AvgIpc) is 3.29. The van der Waals surface area contributed by atoms with Crippen LogP contribution in [0.15, 0.2) is 68.3 Å². The van der Waals surface area contributed by atoms with Crippen molar-refractivity contribution < 1.29 is 4.42 Å². The van der Waals surface area contributed by atoms with Gasteiger partial charge in [0.05, 0.1) is 25.2 Å². The molecule has 132 valence electrons. The maximum Gasteiger partial charge on any atom is 0.156 e. The van der Waals surface area contributed by atoms with Crippen molar-refractivity contribution in [2.45, 2.75) is 4.34 Å². The van der Waals surface area contributed by atoms with E-state index in [0.717, 1.165) is 20.1 Å². The largest absolute Gasteiger partial charge is 0.457 e. The second-order valence-electron chi connectivity index (χ2n) is 5.50. The summed E-state index contributed by atoms with van der Waals surface area (Å²) in [5.41, 5.74) is 1.75. The highest BCUT2D eigenvalue weighted by Gasteiger charge is 2.10. The van der Waals surface area contributed by atoms with Crippen LogP contribution < -0.4 is 0 Å². The summed E-state index contributed by atoms with van der Waals surface area (Å²) in [5, 5.41) is 10.4. The lowest BCUT2D eigenvalue weighted by atomic mass is 10.2. The molecule has 0 N–H and O–H groups in total. The van der Waals surface area contributed by atoms with Gasteiger partial charge in [0.2, 0.25) is 0 Å². The molecule has 27 heavy (non-hydrogen) atoms. The summed E-state index contributed by atoms with van der Waals surface area (Å²) in [6, 6.07) is 19.1. The molecule has 0 fully saturated rings. The standard InChI is InChI=1S/C20H10Cl2N2OS2/c21-15-7-5-12(9-16(15)22)18-8-6-13(25-18)10-14(11-23)26-20-24-17-3-1-2-4-19(17)27-20/h1-10H. The van der Waals surface area contributed by atoms with E-state index in [1.54, 1.807) is 29.5 Å². The summed E-state index contributed by atoms with van der Waals surface area (Å²) < 4.78 is 7.75. The molecule has 0 atom stereocenters. The van der Waals surface area contributed by atoms with E-state index in [2.05, 4.69) is 11.1 Å². The van der Waals surface area contributed by atoms with Gasteiger partial charge in [-0.15, -0.1) is 11.3 Å². The Morgan fingerprint density at radius 2 is 1.96 bits per heavy atom. The summed E-state index contributed by atoms with van der Waals surface area (Å²) in [5.74, 6) is 1.24. The Balaban J connectivity index is 1.58. The summed E-state index contributed by atoms with van der Waals surface area (Å²) in [6.07, 6.45) is 1.71. The first-order chi connectivity index (χ1) is 13.1. The van der Waals surface area contributed by atoms with E-state index in [9.17, 15) is 5.26 Å². The van der Waals surface area contributed by atoms with E-state index >= 15 is 0 Å². The van der Waals surface area contributed by atoms with Crippen LogP contribution in [-0.2, 0) is 0 Å². The zero-order valence-electron chi connectivity index (χ0n) is 13.6. The van der Waals surface area contributed by atoms with Crippen LogP contribution in [0.2, 0.25) is 10.0 Å². The predicted molar refractivity (Wildman–Crippen MR) is 113 cm³/mol. The van der Waals surface area contributed by atoms with E-state index in [1.807, 2.05) is 42.5 Å². The van der Waals surface area contributed by atoms with E-state index in [-0.39, 0.29) is 0 Å². The van der Waals surface area contributed by atoms with Crippen LogP contribution in [-0.4, -0.2) is 4.98 Å². The number of allylic oxidation sites excluding steroid dienone is 1. The smallest absolute Gasteiger partial charge is 0.156 e. The highest BCUT2D eigenvalue weighted by atomic mass is 35.5. The van der Waals surface area contributed by atoms with Gasteiger partial charge in [0, 0.05) is 11.6 Å². The van der Waals surface area contributed by atoms with E-state index in [0.29, 0.717) is 26.5 Å². The summed E-state index contributed by atoms with van der Waals surface area (Å²) in [7, 11) is 0. The number of halogens is 2. The predicted octanol–water partition coefficient (Wildman–Crippen LogP) is 7.52. The normalized spacial score (nSPS) is 11.7. The van der Waals surface area contributed by atoms with Gasteiger partial charge in [-0.1, -0.05) is 35.3 Å². The molecule has 7 heteroatoms. The Labute approximate surface area is 173 Å². The lowest BCUT2D eigenvalue weighted by Crippen LogP contribution is -1.75. The van der Waals surface area contributed by atoms with Gasteiger partial charge in [0.25, 0.3) is 0 Å². The molecule has 0 unspecified atom stereocenters. The molecule has 0 saturated carbocycles. The number of para-hydroxylation sites is 1. The number of furan rings is 1. The van der Waals surface area contributed by atoms with Crippen molar-refractivity contribution in [3.63, 3.8) is 0 Å². The number of fused-ring (bicyclic) bond motifs is 1. The fourth-order valence-electron chi connectivity index (χ4n) is 2.44. The molecule has 0 bridgehead atoms. The van der Waals surface area contributed by atoms with Gasteiger partial charge in [0.1, 0.15) is 17.6 Å². The van der Waals surface area contributed by atoms with Crippen LogP contribution >= 0.6 is 46.3 Å². The molecule has 0 radical (unpaired) electrons. The molecule has 0 amide bonds. The lowest BCUT2D eigenvalue weighted by Gasteiger charge is -1.99. The number of nitriles is 1. The van der Waals surface area contributed by atoms with Gasteiger partial charge in [-0.2, -0.15) is 5.26 Å². The fourth-order valence-corrected chi connectivity index (χ4v) is 4.69. The van der Waals surface area contributed by atoms with Gasteiger partial charge < -0.3 is 4.42 Å². The van der Waals surface area contributed by atoms with Crippen LogP contribution in [0.1, 0.15) is 5.76 Å². The third kappa shape index (κ3) is 4.05. The minimum atomic E-state index is 0.465. The van der Waals surface area contributed by atoms with Gasteiger partial charge >= 0.3 is 0 Å². The van der Waals surface area contributed by atoms with Crippen molar-refractivity contribution in [1.82, 2.24) is 4.98 Å². The topological polar surface area (TPSA) is 49.8 Å². The molecule has 2 heterocycles. The van der Waals surface area contributed by atoms with E-state index < -0.39 is 0 Å². The summed E-state index contributed by atoms with van der Waals surface area (Å²) in [6.45, 7) is 0. The summed E-state index contributed by atoms with van der Waals surface area (Å²) >= 11 is 14.9. The minimum absolute atomic E-state index is 0.465. The second-order valence-corrected chi connectivity index (χ2v) is 8.63. The quantitative estimate of drug-likeness (QED) is 0.249. The molecule has 2 aromatic carbocycles. The number of aromatic nitrogens is 1. The zero-order valence-corrected chi connectivity index (χ0v) is 16.8. The van der Waals surface area contributed by atoms with Crippen LogP contribution in [0.4, 0.5) is 0 Å². The summed E-state index contributed by atoms with van der Waals surface area (Å²) in [4.78, 5) is 5.05. The Morgan fingerprint density at radius 3 is 2.74 bits per heavy atom. The number of benzene rings is 2. The first-order valence-electron chi connectivity index (χ1n) is 7.83. The number of hydrogen-bond acceptors (Lipinski definition) is 5. The van der Waals surface area contributed by atoms with Crippen molar-refractivity contribution in [1.29, 1.82) is 5.26 Å². The Kier molecular flexibility index (Phi) is 5.24. The molecular weight excluding hydrogens is 419 g/mol. The molecule has 0 saturated heterocycles. The van der Waals surface area contributed by atoms with E-state index in [4.69, 9.17) is 27.6 Å². The van der Waals surface area contributed by atoms with Crippen molar-refractivity contribution in [2.24, 2.45) is 0 Å². The van der Waals surface area contributed by atoms with Gasteiger partial charge in [-0.05, 0) is 54.2 Å². The van der Waals surface area contributed by atoms with Crippen molar-refractivity contribution >= 4 is 62.6 Å². The molecule has 3 nitrogen and oxygen atoms in total. The first kappa shape index (κ1) is 18.1. The van der Waals surface area contributed by atoms with Crippen LogP contribution in [0, 0.1) is 11.3 Å². The number of thioether (sulfide) groups is 1. The Bertz CT molecular complexity index is 1170. The lowest BCUT2D eigenvalue weighted by molar-refractivity contribution is 0.572. The minimum Gasteiger partial charge on any atom is -0.457 e. The average molecular weight is 429 g/mol. The van der Waals surface area contributed by atoms with Crippen LogP contribution in [0.5, 0.6) is 0 Å². The van der Waals surface area contributed by atoms with Gasteiger partial charge in [0.15, 0.2) is 4.34 Å². The maximum atomic E-state index is 9.48. The third-order valence-electron chi connectivity index (χ3n) is 3.69. The van der Waals surface area contributed by atoms with Crippen molar-refractivity contribution in [3.05, 3.63) is 75.3 Å². The first-order valence-corrected chi connectivity index (χ1v) is 10.2. The molecule has 0 aliphatic heterocycles. The highest BCUT2D eigenvalue weighted by Crippen LogP contribution is 2.35. The van der Waals surface area contributed by atoms with Gasteiger partial charge in [-0.25, -0.2) is 4.98 Å². The number of hydrogen-bond donors (Lipinski definition) is 0. The van der Waals surface area contributed by atoms with Crippen molar-refractivity contribution in [2.75, 3.05) is 0 Å². The Hall–Kier alpha value is -2.23. The Morgan fingerprint density at radius 1 is 1.11 bits per heavy atom. The third-order valence-corrected chi connectivity index (χ3v) is 6.45. The van der Waals surface area contributed by atoms with Crippen LogP contribution in [0.25, 0.3) is 27.6 Å². The van der Waals surface area contributed by atoms with E-state index in [1.165, 1.54) is 11.8 Å². The number of thiazole rings is 1. The SMILES string of the molecule is N#CC(=Cc1ccc(-c2ccc(Cl)c(Cl)c2)o1)Sc1nc2ccccc2s1.